The average Bonchev–Trinajstić information content (AvgIpc) is 2.78. The van der Waals surface area contributed by atoms with Gasteiger partial charge in [-0.3, -0.25) is 4.79 Å². The highest BCUT2D eigenvalue weighted by Crippen LogP contribution is 2.22. The molecule has 0 saturated carbocycles. The molecule has 2 saturated heterocycles. The summed E-state index contributed by atoms with van der Waals surface area (Å²) in [6, 6.07) is 0.889. The molecule has 98 valence electrons. The number of carbonyl (C=O) groups is 1. The van der Waals surface area contributed by atoms with Crippen LogP contribution in [0.5, 0.6) is 0 Å². The molecule has 4 nitrogen and oxygen atoms in total. The zero-order valence-corrected chi connectivity index (χ0v) is 11.3. The number of rotatable bonds is 2. The molecule has 2 fully saturated rings. The second-order valence-electron chi connectivity index (χ2n) is 5.68. The molecule has 0 aromatic heterocycles. The van der Waals surface area contributed by atoms with Gasteiger partial charge >= 0.3 is 0 Å². The van der Waals surface area contributed by atoms with E-state index in [1.54, 1.807) is 0 Å². The van der Waals surface area contributed by atoms with Crippen molar-refractivity contribution in [2.45, 2.75) is 38.3 Å². The minimum Gasteiger partial charge on any atom is -0.341 e. The molecular weight excluding hydrogens is 214 g/mol. The summed E-state index contributed by atoms with van der Waals surface area (Å²) in [6.45, 7) is 5.05. The van der Waals surface area contributed by atoms with Gasteiger partial charge < -0.3 is 15.1 Å². The van der Waals surface area contributed by atoms with Crippen molar-refractivity contribution in [1.29, 1.82) is 0 Å². The Morgan fingerprint density at radius 1 is 1.35 bits per heavy atom. The van der Waals surface area contributed by atoms with Gasteiger partial charge in [0.1, 0.15) is 0 Å². The van der Waals surface area contributed by atoms with E-state index in [0.29, 0.717) is 18.0 Å². The highest BCUT2D eigenvalue weighted by molar-refractivity contribution is 5.80. The van der Waals surface area contributed by atoms with Crippen molar-refractivity contribution < 1.29 is 4.79 Å². The molecule has 17 heavy (non-hydrogen) atoms. The van der Waals surface area contributed by atoms with Gasteiger partial charge in [0.15, 0.2) is 0 Å². The van der Waals surface area contributed by atoms with E-state index in [9.17, 15) is 4.79 Å². The Bertz CT molecular complexity index is 280. The van der Waals surface area contributed by atoms with E-state index in [-0.39, 0.29) is 5.92 Å². The molecule has 2 heterocycles. The van der Waals surface area contributed by atoms with Gasteiger partial charge in [-0.15, -0.1) is 0 Å². The Kier molecular flexibility index (Phi) is 4.05. The molecule has 0 spiro atoms. The maximum Gasteiger partial charge on any atom is 0.227 e. The fraction of sp³-hybridized carbons (Fsp3) is 0.923. The number of likely N-dealkylation sites (N-methyl/N-ethyl adjacent to an activating group) is 1. The van der Waals surface area contributed by atoms with Crippen molar-refractivity contribution in [3.05, 3.63) is 0 Å². The highest BCUT2D eigenvalue weighted by atomic mass is 16.2. The third-order valence-corrected chi connectivity index (χ3v) is 4.28. The van der Waals surface area contributed by atoms with Gasteiger partial charge in [-0.2, -0.15) is 0 Å². The molecule has 1 N–H and O–H groups in total. The lowest BCUT2D eigenvalue weighted by molar-refractivity contribution is -0.136. The fourth-order valence-corrected chi connectivity index (χ4v) is 2.98. The Balaban J connectivity index is 1.92. The number of nitrogens with zero attached hydrogens (tertiary/aromatic N) is 2. The van der Waals surface area contributed by atoms with Crippen molar-refractivity contribution in [1.82, 2.24) is 15.1 Å². The Hall–Kier alpha value is -0.610. The van der Waals surface area contributed by atoms with Gasteiger partial charge in [-0.1, -0.05) is 0 Å². The lowest BCUT2D eigenvalue weighted by Gasteiger charge is -2.32. The van der Waals surface area contributed by atoms with Crippen LogP contribution in [0, 0.1) is 5.92 Å². The van der Waals surface area contributed by atoms with Gasteiger partial charge in [0.2, 0.25) is 5.91 Å². The minimum absolute atomic E-state index is 0.199. The van der Waals surface area contributed by atoms with E-state index in [2.05, 4.69) is 36.1 Å². The summed E-state index contributed by atoms with van der Waals surface area (Å²) in [4.78, 5) is 16.7. The average molecular weight is 239 g/mol. The third-order valence-electron chi connectivity index (χ3n) is 4.28. The number of piperidine rings is 1. The first-order chi connectivity index (χ1) is 8.09. The summed E-state index contributed by atoms with van der Waals surface area (Å²) in [7, 11) is 4.20. The summed E-state index contributed by atoms with van der Waals surface area (Å²) in [5, 5.41) is 3.41. The highest BCUT2D eigenvalue weighted by Gasteiger charge is 2.34. The molecule has 0 radical (unpaired) electrons. The normalized spacial score (nSPS) is 34.4. The van der Waals surface area contributed by atoms with E-state index in [1.165, 1.54) is 0 Å². The van der Waals surface area contributed by atoms with Crippen LogP contribution in [0.3, 0.4) is 0 Å². The van der Waals surface area contributed by atoms with E-state index in [4.69, 9.17) is 0 Å². The van der Waals surface area contributed by atoms with E-state index >= 15 is 0 Å². The predicted molar refractivity (Wildman–Crippen MR) is 68.9 cm³/mol. The van der Waals surface area contributed by atoms with Crippen molar-refractivity contribution in [3.8, 4) is 0 Å². The zero-order valence-electron chi connectivity index (χ0n) is 11.3. The largest absolute Gasteiger partial charge is 0.341 e. The molecule has 2 rings (SSSR count). The summed E-state index contributed by atoms with van der Waals surface area (Å²) < 4.78 is 0. The van der Waals surface area contributed by atoms with E-state index in [1.807, 2.05) is 0 Å². The van der Waals surface area contributed by atoms with E-state index < -0.39 is 0 Å². The van der Waals surface area contributed by atoms with Gasteiger partial charge in [0.25, 0.3) is 0 Å². The van der Waals surface area contributed by atoms with Crippen molar-refractivity contribution in [3.63, 3.8) is 0 Å². The quantitative estimate of drug-likeness (QED) is 0.764. The number of likely N-dealkylation sites (tertiary alicyclic amines) is 1. The molecule has 2 aliphatic heterocycles. The second-order valence-corrected chi connectivity index (χ2v) is 5.68. The maximum absolute atomic E-state index is 12.4. The fourth-order valence-electron chi connectivity index (χ4n) is 2.98. The smallest absolute Gasteiger partial charge is 0.227 e. The van der Waals surface area contributed by atoms with Crippen LogP contribution in [0.25, 0.3) is 0 Å². The molecular formula is C13H25N3O. The number of hydrogen-bond donors (Lipinski definition) is 1. The molecule has 2 aliphatic rings. The van der Waals surface area contributed by atoms with Gasteiger partial charge in [-0.05, 0) is 46.8 Å². The Labute approximate surface area is 104 Å². The second kappa shape index (κ2) is 5.36. The molecule has 1 amide bonds. The number of carbonyl (C=O) groups excluding carboxylic acids is 1. The Morgan fingerprint density at radius 2 is 2.12 bits per heavy atom. The first kappa shape index (κ1) is 12.8. The summed E-state index contributed by atoms with van der Waals surface area (Å²) in [5.74, 6) is 0.568. The van der Waals surface area contributed by atoms with Crippen molar-refractivity contribution >= 4 is 5.91 Å². The minimum atomic E-state index is 0.199. The molecule has 3 unspecified atom stereocenters. The van der Waals surface area contributed by atoms with Crippen LogP contribution in [0.1, 0.15) is 26.2 Å². The van der Waals surface area contributed by atoms with Crippen LogP contribution in [-0.4, -0.2) is 61.5 Å². The lowest BCUT2D eigenvalue weighted by Crippen LogP contribution is -2.48. The SMILES string of the molecule is CC1NCCCC1C(=O)N1CCC(N(C)C)C1. The zero-order chi connectivity index (χ0) is 12.4. The first-order valence-corrected chi connectivity index (χ1v) is 6.78. The number of amides is 1. The van der Waals surface area contributed by atoms with Crippen LogP contribution < -0.4 is 5.32 Å². The first-order valence-electron chi connectivity index (χ1n) is 6.78. The summed E-state index contributed by atoms with van der Waals surface area (Å²) in [6.07, 6.45) is 3.30. The van der Waals surface area contributed by atoms with Crippen LogP contribution in [0.2, 0.25) is 0 Å². The molecule has 3 atom stereocenters. The number of hydrogen-bond acceptors (Lipinski definition) is 3. The van der Waals surface area contributed by atoms with Crippen molar-refractivity contribution in [2.75, 3.05) is 33.7 Å². The van der Waals surface area contributed by atoms with Gasteiger partial charge in [-0.25, -0.2) is 0 Å². The molecule has 4 heteroatoms. The summed E-state index contributed by atoms with van der Waals surface area (Å²) >= 11 is 0. The van der Waals surface area contributed by atoms with Crippen LogP contribution in [0.4, 0.5) is 0 Å². The predicted octanol–water partition coefficient (Wildman–Crippen LogP) is 0.537. The standard InChI is InChI=1S/C13H25N3O/c1-10-12(5-4-7-14-10)13(17)16-8-6-11(9-16)15(2)3/h10-12,14H,4-9H2,1-3H3. The topological polar surface area (TPSA) is 35.6 Å². The molecule has 0 bridgehead atoms. The maximum atomic E-state index is 12.4. The Morgan fingerprint density at radius 3 is 2.71 bits per heavy atom. The van der Waals surface area contributed by atoms with Crippen LogP contribution in [0.15, 0.2) is 0 Å². The van der Waals surface area contributed by atoms with Crippen molar-refractivity contribution in [2.24, 2.45) is 5.92 Å². The third kappa shape index (κ3) is 2.80. The molecule has 0 aromatic carbocycles. The molecule has 0 aliphatic carbocycles. The lowest BCUT2D eigenvalue weighted by atomic mass is 9.91. The molecule has 0 aromatic rings. The summed E-state index contributed by atoms with van der Waals surface area (Å²) in [5.41, 5.74) is 0. The van der Waals surface area contributed by atoms with Gasteiger partial charge in [0, 0.05) is 25.2 Å². The number of nitrogens with one attached hydrogen (secondary N) is 1. The van der Waals surface area contributed by atoms with Crippen LogP contribution >= 0.6 is 0 Å². The monoisotopic (exact) mass is 239 g/mol. The van der Waals surface area contributed by atoms with E-state index in [0.717, 1.165) is 38.9 Å². The van der Waals surface area contributed by atoms with Crippen LogP contribution in [-0.2, 0) is 4.79 Å². The van der Waals surface area contributed by atoms with Gasteiger partial charge in [0.05, 0.1) is 5.92 Å².